The van der Waals surface area contributed by atoms with Crippen LogP contribution in [-0.2, 0) is 4.79 Å². The number of amides is 3. The molecule has 30 heavy (non-hydrogen) atoms. The molecule has 4 rings (SSSR count). The minimum atomic E-state index is -0.0470. The number of likely N-dealkylation sites (tertiary alicyclic amines) is 1. The van der Waals surface area contributed by atoms with Crippen LogP contribution in [0, 0.1) is 5.92 Å². The van der Waals surface area contributed by atoms with Crippen molar-refractivity contribution in [3.8, 4) is 0 Å². The lowest BCUT2D eigenvalue weighted by Crippen LogP contribution is -2.60. The van der Waals surface area contributed by atoms with Gasteiger partial charge in [-0.15, -0.1) is 0 Å². The first-order valence-electron chi connectivity index (χ1n) is 11.8. The second-order valence-corrected chi connectivity index (χ2v) is 9.19. The van der Waals surface area contributed by atoms with Crippen molar-refractivity contribution >= 4 is 17.6 Å². The summed E-state index contributed by atoms with van der Waals surface area (Å²) in [7, 11) is 0. The van der Waals surface area contributed by atoms with Crippen LogP contribution >= 0.6 is 0 Å². The number of hydrogen-bond acceptors (Lipinski definition) is 3. The van der Waals surface area contributed by atoms with Crippen molar-refractivity contribution in [2.45, 2.75) is 64.0 Å². The van der Waals surface area contributed by atoms with Gasteiger partial charge in [0.1, 0.15) is 0 Å². The van der Waals surface area contributed by atoms with E-state index in [1.165, 1.54) is 19.3 Å². The minimum absolute atomic E-state index is 0.00705. The van der Waals surface area contributed by atoms with Crippen LogP contribution in [-0.4, -0.2) is 71.4 Å². The number of piperazine rings is 1. The Bertz CT molecular complexity index is 711. The molecule has 2 heterocycles. The van der Waals surface area contributed by atoms with E-state index < -0.39 is 0 Å². The summed E-state index contributed by atoms with van der Waals surface area (Å²) in [4.78, 5) is 32.7. The quantitative estimate of drug-likeness (QED) is 0.818. The second kappa shape index (κ2) is 9.82. The zero-order valence-electron chi connectivity index (χ0n) is 18.3. The second-order valence-electron chi connectivity index (χ2n) is 9.19. The molecule has 1 aliphatic carbocycles. The van der Waals surface area contributed by atoms with Crippen LogP contribution in [0.25, 0.3) is 0 Å². The van der Waals surface area contributed by atoms with Gasteiger partial charge in [0.15, 0.2) is 0 Å². The fourth-order valence-electron chi connectivity index (χ4n) is 5.45. The molecule has 164 valence electrons. The molecule has 1 aromatic rings. The number of urea groups is 1. The van der Waals surface area contributed by atoms with Gasteiger partial charge in [0.25, 0.3) is 0 Å². The average molecular weight is 413 g/mol. The van der Waals surface area contributed by atoms with E-state index in [9.17, 15) is 9.59 Å². The van der Waals surface area contributed by atoms with Crippen molar-refractivity contribution < 1.29 is 9.59 Å². The molecule has 6 heteroatoms. The molecule has 6 nitrogen and oxygen atoms in total. The molecular formula is C24H36N4O2. The van der Waals surface area contributed by atoms with E-state index in [1.54, 1.807) is 0 Å². The van der Waals surface area contributed by atoms with Crippen molar-refractivity contribution in [2.75, 3.05) is 38.0 Å². The third-order valence-corrected chi connectivity index (χ3v) is 7.21. The fourth-order valence-corrected chi connectivity index (χ4v) is 5.45. The zero-order chi connectivity index (χ0) is 20.9. The molecule has 0 unspecified atom stereocenters. The van der Waals surface area contributed by atoms with Gasteiger partial charge in [0, 0.05) is 44.5 Å². The van der Waals surface area contributed by atoms with Crippen LogP contribution in [0.15, 0.2) is 30.3 Å². The first kappa shape index (κ1) is 21.2. The predicted octanol–water partition coefficient (Wildman–Crippen LogP) is 3.80. The van der Waals surface area contributed by atoms with E-state index in [1.807, 2.05) is 35.2 Å². The lowest BCUT2D eigenvalue weighted by atomic mass is 9.92. The molecule has 0 radical (unpaired) electrons. The number of benzene rings is 1. The first-order chi connectivity index (χ1) is 14.6. The topological polar surface area (TPSA) is 55.9 Å². The molecule has 3 aliphatic rings. The van der Waals surface area contributed by atoms with Gasteiger partial charge in [-0.25, -0.2) is 4.79 Å². The van der Waals surface area contributed by atoms with Crippen LogP contribution in [0.1, 0.15) is 51.9 Å². The Morgan fingerprint density at radius 3 is 2.23 bits per heavy atom. The van der Waals surface area contributed by atoms with Gasteiger partial charge in [0.05, 0.1) is 6.04 Å². The third-order valence-electron chi connectivity index (χ3n) is 7.21. The number of carbonyl (C=O) groups excluding carboxylic acids is 2. The number of piperidine rings is 1. The molecule has 1 aromatic carbocycles. The Hall–Kier alpha value is -2.08. The maximum Gasteiger partial charge on any atom is 0.321 e. The largest absolute Gasteiger partial charge is 0.339 e. The van der Waals surface area contributed by atoms with Crippen molar-refractivity contribution in [3.63, 3.8) is 0 Å². The van der Waals surface area contributed by atoms with E-state index in [4.69, 9.17) is 0 Å². The molecule has 2 aliphatic heterocycles. The van der Waals surface area contributed by atoms with Gasteiger partial charge in [-0.05, 0) is 57.1 Å². The number of para-hydroxylation sites is 1. The van der Waals surface area contributed by atoms with Crippen LogP contribution in [0.5, 0.6) is 0 Å². The zero-order valence-corrected chi connectivity index (χ0v) is 18.3. The summed E-state index contributed by atoms with van der Waals surface area (Å²) in [5, 5.41) is 2.98. The molecule has 2 atom stereocenters. The lowest BCUT2D eigenvalue weighted by molar-refractivity contribution is -0.143. The Morgan fingerprint density at radius 1 is 0.900 bits per heavy atom. The minimum Gasteiger partial charge on any atom is -0.339 e. The lowest BCUT2D eigenvalue weighted by Gasteiger charge is -2.44. The van der Waals surface area contributed by atoms with Crippen molar-refractivity contribution in [2.24, 2.45) is 5.92 Å². The highest BCUT2D eigenvalue weighted by atomic mass is 16.2. The number of anilines is 1. The van der Waals surface area contributed by atoms with Crippen LogP contribution in [0.2, 0.25) is 0 Å². The van der Waals surface area contributed by atoms with E-state index in [-0.39, 0.29) is 12.1 Å². The summed E-state index contributed by atoms with van der Waals surface area (Å²) in [6, 6.07) is 9.90. The standard InChI is InChI=1S/C24H36N4O2/c1-19-9-7-8-14-28(19)23(29)22(20-10-5-6-11-20)26-15-17-27(18-16-26)24(30)25-21-12-3-2-4-13-21/h2-4,12-13,19-20,22H,5-11,14-18H2,1H3,(H,25,30)/t19-,22+/m1/s1. The summed E-state index contributed by atoms with van der Waals surface area (Å²) in [6.45, 7) is 6.00. The van der Waals surface area contributed by atoms with Gasteiger partial charge < -0.3 is 15.1 Å². The Labute approximate surface area is 180 Å². The van der Waals surface area contributed by atoms with Crippen molar-refractivity contribution in [3.05, 3.63) is 30.3 Å². The molecule has 0 bridgehead atoms. The molecule has 0 spiro atoms. The monoisotopic (exact) mass is 412 g/mol. The number of carbonyl (C=O) groups is 2. The van der Waals surface area contributed by atoms with E-state index >= 15 is 0 Å². The summed E-state index contributed by atoms with van der Waals surface area (Å²) in [5.74, 6) is 0.813. The van der Waals surface area contributed by atoms with Crippen LogP contribution in [0.3, 0.4) is 0 Å². The maximum atomic E-state index is 13.6. The van der Waals surface area contributed by atoms with Gasteiger partial charge in [-0.2, -0.15) is 0 Å². The first-order valence-corrected chi connectivity index (χ1v) is 11.8. The summed E-state index contributed by atoms with van der Waals surface area (Å²) in [6.07, 6.45) is 8.28. The van der Waals surface area contributed by atoms with Crippen molar-refractivity contribution in [1.82, 2.24) is 14.7 Å². The maximum absolute atomic E-state index is 13.6. The van der Waals surface area contributed by atoms with Gasteiger partial charge in [-0.3, -0.25) is 9.69 Å². The van der Waals surface area contributed by atoms with Gasteiger partial charge in [-0.1, -0.05) is 31.0 Å². The number of hydrogen-bond donors (Lipinski definition) is 1. The highest BCUT2D eigenvalue weighted by Crippen LogP contribution is 2.33. The summed E-state index contributed by atoms with van der Waals surface area (Å²) >= 11 is 0. The van der Waals surface area contributed by atoms with E-state index in [2.05, 4.69) is 22.0 Å². The SMILES string of the molecule is C[C@@H]1CCCCN1C(=O)[C@H](C1CCCC1)N1CCN(C(=O)Nc2ccccc2)CC1. The van der Waals surface area contributed by atoms with Crippen LogP contribution in [0.4, 0.5) is 10.5 Å². The fraction of sp³-hybridized carbons (Fsp3) is 0.667. The molecular weight excluding hydrogens is 376 g/mol. The number of rotatable bonds is 4. The van der Waals surface area contributed by atoms with Gasteiger partial charge >= 0.3 is 6.03 Å². The highest BCUT2D eigenvalue weighted by molar-refractivity contribution is 5.89. The smallest absolute Gasteiger partial charge is 0.321 e. The summed E-state index contributed by atoms with van der Waals surface area (Å²) < 4.78 is 0. The molecule has 0 aromatic heterocycles. The number of nitrogens with one attached hydrogen (secondary N) is 1. The molecule has 1 saturated carbocycles. The third kappa shape index (κ3) is 4.80. The highest BCUT2D eigenvalue weighted by Gasteiger charge is 2.40. The predicted molar refractivity (Wildman–Crippen MR) is 119 cm³/mol. The van der Waals surface area contributed by atoms with E-state index in [0.717, 1.165) is 51.0 Å². The molecule has 3 fully saturated rings. The molecule has 2 saturated heterocycles. The Morgan fingerprint density at radius 2 is 1.57 bits per heavy atom. The van der Waals surface area contributed by atoms with Crippen molar-refractivity contribution in [1.29, 1.82) is 0 Å². The number of nitrogens with zero attached hydrogens (tertiary/aromatic N) is 3. The Balaban J connectivity index is 1.39. The normalized spacial score (nSPS) is 24.6. The Kier molecular flexibility index (Phi) is 6.93. The average Bonchev–Trinajstić information content (AvgIpc) is 3.29. The van der Waals surface area contributed by atoms with E-state index in [0.29, 0.717) is 31.0 Å². The molecule has 1 N–H and O–H groups in total. The molecule has 3 amide bonds. The van der Waals surface area contributed by atoms with Crippen LogP contribution < -0.4 is 5.32 Å². The van der Waals surface area contributed by atoms with Gasteiger partial charge in [0.2, 0.25) is 5.91 Å². The summed E-state index contributed by atoms with van der Waals surface area (Å²) in [5.41, 5.74) is 0.822.